The highest BCUT2D eigenvalue weighted by molar-refractivity contribution is 5.68. The van der Waals surface area contributed by atoms with Gasteiger partial charge in [-0.25, -0.2) is 27.1 Å². The standard InChI is InChI=1S/C24H17F4N7/c25-16-3-1-13(2-4-16)22(17-10-24(17,27)28)35-12-15(11-30-35)19-6-5-18(26)21(31-19)14-7-8-34-20(9-14)32-23(29)33-34/h1-9,11-12,17,22H,10H2,(H2,29,33). The summed E-state index contributed by atoms with van der Waals surface area (Å²) >= 11 is 0. The molecule has 4 heterocycles. The van der Waals surface area contributed by atoms with E-state index < -0.39 is 29.5 Å². The van der Waals surface area contributed by atoms with E-state index in [1.54, 1.807) is 24.5 Å². The number of hydrogen-bond acceptors (Lipinski definition) is 5. The van der Waals surface area contributed by atoms with Crippen molar-refractivity contribution < 1.29 is 17.6 Å². The second-order valence-corrected chi connectivity index (χ2v) is 8.49. The molecule has 0 saturated heterocycles. The SMILES string of the molecule is Nc1nc2cc(-c3nc(-c4cnn(C(c5ccc(F)cc5)C5CC5(F)F)c4)ccc3F)ccn2n1. The van der Waals surface area contributed by atoms with Crippen molar-refractivity contribution in [2.24, 2.45) is 5.92 Å². The maximum atomic E-state index is 14.7. The van der Waals surface area contributed by atoms with Crippen LogP contribution >= 0.6 is 0 Å². The van der Waals surface area contributed by atoms with Gasteiger partial charge in [-0.3, -0.25) is 4.68 Å². The first kappa shape index (κ1) is 21.3. The highest BCUT2D eigenvalue weighted by Gasteiger charge is 2.61. The Kier molecular flexibility index (Phi) is 4.63. The van der Waals surface area contributed by atoms with Crippen LogP contribution in [0.3, 0.4) is 0 Å². The number of benzene rings is 1. The summed E-state index contributed by atoms with van der Waals surface area (Å²) in [5, 5.41) is 8.31. The number of rotatable bonds is 5. The molecule has 7 nitrogen and oxygen atoms in total. The molecule has 1 aliphatic rings. The molecule has 2 unspecified atom stereocenters. The van der Waals surface area contributed by atoms with Crippen LogP contribution in [0.5, 0.6) is 0 Å². The lowest BCUT2D eigenvalue weighted by Gasteiger charge is -2.18. The number of nitrogens with two attached hydrogens (primary N) is 1. The zero-order valence-corrected chi connectivity index (χ0v) is 18.0. The van der Waals surface area contributed by atoms with Gasteiger partial charge >= 0.3 is 0 Å². The first-order valence-corrected chi connectivity index (χ1v) is 10.8. The third kappa shape index (κ3) is 3.78. The number of anilines is 1. The van der Waals surface area contributed by atoms with Gasteiger partial charge in [0.05, 0.1) is 23.9 Å². The quantitative estimate of drug-likeness (QED) is 0.368. The third-order valence-corrected chi connectivity index (χ3v) is 6.12. The van der Waals surface area contributed by atoms with Crippen molar-refractivity contribution in [1.29, 1.82) is 0 Å². The molecule has 35 heavy (non-hydrogen) atoms. The maximum Gasteiger partial charge on any atom is 0.254 e. The Balaban J connectivity index is 1.37. The van der Waals surface area contributed by atoms with E-state index in [0.29, 0.717) is 28.0 Å². The Labute approximate surface area is 195 Å². The smallest absolute Gasteiger partial charge is 0.254 e. The van der Waals surface area contributed by atoms with Gasteiger partial charge in [0.15, 0.2) is 5.65 Å². The Morgan fingerprint density at radius 2 is 1.77 bits per heavy atom. The predicted molar refractivity (Wildman–Crippen MR) is 119 cm³/mol. The summed E-state index contributed by atoms with van der Waals surface area (Å²) in [5.41, 5.74) is 8.07. The molecule has 0 aliphatic heterocycles. The van der Waals surface area contributed by atoms with E-state index in [1.807, 2.05) is 0 Å². The van der Waals surface area contributed by atoms with Crippen LogP contribution in [0.2, 0.25) is 0 Å². The average molecular weight is 479 g/mol. The molecule has 0 radical (unpaired) electrons. The third-order valence-electron chi connectivity index (χ3n) is 6.12. The van der Waals surface area contributed by atoms with E-state index in [9.17, 15) is 17.6 Å². The highest BCUT2D eigenvalue weighted by atomic mass is 19.3. The lowest BCUT2D eigenvalue weighted by molar-refractivity contribution is 0.0888. The summed E-state index contributed by atoms with van der Waals surface area (Å²) in [6.07, 6.45) is 4.40. The van der Waals surface area contributed by atoms with Gasteiger partial charge < -0.3 is 5.73 Å². The summed E-state index contributed by atoms with van der Waals surface area (Å²) in [7, 11) is 0. The topological polar surface area (TPSA) is 86.9 Å². The van der Waals surface area contributed by atoms with Crippen molar-refractivity contribution in [2.75, 3.05) is 5.73 Å². The minimum absolute atomic E-state index is 0.0862. The highest BCUT2D eigenvalue weighted by Crippen LogP contribution is 2.56. The fraction of sp³-hybridized carbons (Fsp3) is 0.167. The number of nitrogen functional groups attached to an aromatic ring is 1. The van der Waals surface area contributed by atoms with Crippen molar-refractivity contribution in [3.05, 3.63) is 84.3 Å². The molecule has 0 spiro atoms. The predicted octanol–water partition coefficient (Wildman–Crippen LogP) is 4.76. The first-order chi connectivity index (χ1) is 16.8. The molecule has 2 N–H and O–H groups in total. The second-order valence-electron chi connectivity index (χ2n) is 8.49. The van der Waals surface area contributed by atoms with E-state index in [0.717, 1.165) is 0 Å². The number of hydrogen-bond donors (Lipinski definition) is 1. The van der Waals surface area contributed by atoms with Crippen LogP contribution in [0.25, 0.3) is 28.2 Å². The molecule has 1 aromatic carbocycles. The molecule has 0 amide bonds. The minimum atomic E-state index is -2.82. The van der Waals surface area contributed by atoms with Crippen LogP contribution in [0.4, 0.5) is 23.5 Å². The van der Waals surface area contributed by atoms with Gasteiger partial charge in [-0.1, -0.05) is 12.1 Å². The number of alkyl halides is 2. The van der Waals surface area contributed by atoms with Crippen molar-refractivity contribution in [2.45, 2.75) is 18.4 Å². The molecule has 0 bridgehead atoms. The summed E-state index contributed by atoms with van der Waals surface area (Å²) in [5.74, 6) is -4.68. The van der Waals surface area contributed by atoms with E-state index in [1.165, 1.54) is 51.8 Å². The molecule has 1 aliphatic carbocycles. The summed E-state index contributed by atoms with van der Waals surface area (Å²) in [6.45, 7) is 0. The number of aromatic nitrogens is 6. The van der Waals surface area contributed by atoms with E-state index in [-0.39, 0.29) is 18.1 Å². The Morgan fingerprint density at radius 3 is 2.51 bits per heavy atom. The van der Waals surface area contributed by atoms with Crippen LogP contribution in [0, 0.1) is 17.6 Å². The molecule has 1 saturated carbocycles. The lowest BCUT2D eigenvalue weighted by Crippen LogP contribution is -2.17. The van der Waals surface area contributed by atoms with Gasteiger partial charge in [0.2, 0.25) is 5.95 Å². The summed E-state index contributed by atoms with van der Waals surface area (Å²) in [6, 6.07) is 10.7. The molecule has 4 aromatic heterocycles. The molecular weight excluding hydrogens is 462 g/mol. The number of halogens is 4. The van der Waals surface area contributed by atoms with Gasteiger partial charge in [0, 0.05) is 29.9 Å². The Morgan fingerprint density at radius 1 is 1.00 bits per heavy atom. The van der Waals surface area contributed by atoms with Crippen molar-refractivity contribution >= 4 is 11.6 Å². The Bertz CT molecular complexity index is 1560. The molecular formula is C24H17F4N7. The lowest BCUT2D eigenvalue weighted by atomic mass is 10.0. The summed E-state index contributed by atoms with van der Waals surface area (Å²) < 4.78 is 59.1. The van der Waals surface area contributed by atoms with Crippen molar-refractivity contribution in [3.63, 3.8) is 0 Å². The number of nitrogens with zero attached hydrogens (tertiary/aromatic N) is 6. The number of pyridine rings is 2. The average Bonchev–Trinajstić information content (AvgIpc) is 3.17. The van der Waals surface area contributed by atoms with E-state index in [4.69, 9.17) is 5.73 Å². The number of fused-ring (bicyclic) bond motifs is 1. The van der Waals surface area contributed by atoms with Crippen LogP contribution in [0.15, 0.2) is 67.1 Å². The van der Waals surface area contributed by atoms with Crippen molar-refractivity contribution in [1.82, 2.24) is 29.4 Å². The minimum Gasteiger partial charge on any atom is -0.366 e. The molecule has 6 rings (SSSR count). The monoisotopic (exact) mass is 479 g/mol. The molecule has 176 valence electrons. The largest absolute Gasteiger partial charge is 0.366 e. The molecule has 5 aromatic rings. The van der Waals surface area contributed by atoms with Crippen LogP contribution in [-0.4, -0.2) is 35.3 Å². The Hall–Kier alpha value is -4.28. The van der Waals surface area contributed by atoms with Crippen LogP contribution in [-0.2, 0) is 0 Å². The van der Waals surface area contributed by atoms with Crippen molar-refractivity contribution in [3.8, 4) is 22.5 Å². The van der Waals surface area contributed by atoms with Gasteiger partial charge in [0.1, 0.15) is 17.3 Å². The summed E-state index contributed by atoms with van der Waals surface area (Å²) in [4.78, 5) is 8.54. The van der Waals surface area contributed by atoms with Gasteiger partial charge in [0.25, 0.3) is 5.92 Å². The molecule has 11 heteroatoms. The van der Waals surface area contributed by atoms with Gasteiger partial charge in [-0.15, -0.1) is 5.10 Å². The van der Waals surface area contributed by atoms with Crippen LogP contribution in [0.1, 0.15) is 18.0 Å². The molecule has 1 fully saturated rings. The maximum absolute atomic E-state index is 14.7. The van der Waals surface area contributed by atoms with E-state index in [2.05, 4.69) is 20.2 Å². The zero-order chi connectivity index (χ0) is 24.3. The van der Waals surface area contributed by atoms with Crippen LogP contribution < -0.4 is 5.73 Å². The van der Waals surface area contributed by atoms with Gasteiger partial charge in [-0.2, -0.15) is 10.1 Å². The fourth-order valence-corrected chi connectivity index (χ4v) is 4.28. The zero-order valence-electron chi connectivity index (χ0n) is 18.0. The van der Waals surface area contributed by atoms with Gasteiger partial charge in [-0.05, 0) is 42.0 Å². The second kappa shape index (κ2) is 7.62. The molecule has 2 atom stereocenters. The first-order valence-electron chi connectivity index (χ1n) is 10.8. The normalized spacial score (nSPS) is 17.5. The van der Waals surface area contributed by atoms with E-state index >= 15 is 0 Å². The fourth-order valence-electron chi connectivity index (χ4n) is 4.28.